The molecule has 0 aliphatic rings. The van der Waals surface area contributed by atoms with Crippen LogP contribution in [0.5, 0.6) is 0 Å². The first-order chi connectivity index (χ1) is 14.4. The van der Waals surface area contributed by atoms with Gasteiger partial charge in [-0.15, -0.1) is 0 Å². The lowest BCUT2D eigenvalue weighted by atomic mass is 10.0. The zero-order chi connectivity index (χ0) is 21.7. The molecule has 0 heterocycles. The molecule has 0 aliphatic heterocycles. The van der Waals surface area contributed by atoms with Crippen LogP contribution in [0.2, 0.25) is 0 Å². The number of hydrogen-bond donors (Lipinski definition) is 0. The van der Waals surface area contributed by atoms with Crippen LogP contribution in [-0.4, -0.2) is 9.85 Å². The molecule has 0 aliphatic carbocycles. The van der Waals surface area contributed by atoms with Crippen molar-refractivity contribution in [1.29, 1.82) is 0 Å². The third-order valence-corrected chi connectivity index (χ3v) is 4.83. The summed E-state index contributed by atoms with van der Waals surface area (Å²) >= 11 is 12.8. The molecule has 8 heteroatoms. The second kappa shape index (κ2) is 9.35. The molecule has 0 N–H and O–H groups in total. The van der Waals surface area contributed by atoms with Crippen LogP contribution in [0.25, 0.3) is 22.2 Å². The Kier molecular flexibility index (Phi) is 6.61. The molecule has 6 nitrogen and oxygen atoms in total. The van der Waals surface area contributed by atoms with Gasteiger partial charge in [0.25, 0.3) is 11.4 Å². The van der Waals surface area contributed by atoms with Crippen LogP contribution < -0.4 is 0 Å². The molecule has 0 saturated heterocycles. The van der Waals surface area contributed by atoms with E-state index in [1.807, 2.05) is 12.1 Å². The topological polar surface area (TPSA) is 86.3 Å². The molecule has 30 heavy (non-hydrogen) atoms. The minimum atomic E-state index is -0.706. The summed E-state index contributed by atoms with van der Waals surface area (Å²) in [6.45, 7) is 0. The summed E-state index contributed by atoms with van der Waals surface area (Å²) in [7, 11) is 0. The Balaban J connectivity index is 2.21. The second-order valence-electron chi connectivity index (χ2n) is 6.21. The molecule has 150 valence electrons. The van der Waals surface area contributed by atoms with Gasteiger partial charge in [0.2, 0.25) is 0 Å². The van der Waals surface area contributed by atoms with Crippen LogP contribution in [0, 0.1) is 20.2 Å². The predicted octanol–water partition coefficient (Wildman–Crippen LogP) is 6.98. The van der Waals surface area contributed by atoms with Gasteiger partial charge in [0, 0.05) is 0 Å². The molecule has 3 aromatic rings. The number of hydrogen-bond acceptors (Lipinski definition) is 4. The van der Waals surface area contributed by atoms with Gasteiger partial charge in [-0.2, -0.15) is 0 Å². The van der Waals surface area contributed by atoms with Crippen LogP contribution >= 0.6 is 23.2 Å². The maximum absolute atomic E-state index is 11.6. The molecule has 0 saturated carbocycles. The molecular formula is C22H14Cl2N2O4. The third-order valence-electron chi connectivity index (χ3n) is 4.21. The number of benzene rings is 3. The van der Waals surface area contributed by atoms with Gasteiger partial charge in [0.15, 0.2) is 0 Å². The lowest BCUT2D eigenvalue weighted by Crippen LogP contribution is -2.00. The van der Waals surface area contributed by atoms with Gasteiger partial charge in [-0.05, 0) is 29.3 Å². The summed E-state index contributed by atoms with van der Waals surface area (Å²) in [4.78, 5) is 21.7. The van der Waals surface area contributed by atoms with E-state index in [2.05, 4.69) is 0 Å². The van der Waals surface area contributed by atoms with E-state index in [9.17, 15) is 20.2 Å². The molecule has 0 bridgehead atoms. The van der Waals surface area contributed by atoms with E-state index in [0.717, 1.165) is 17.2 Å². The fraction of sp³-hybridized carbons (Fsp3) is 0. The fourth-order valence-corrected chi connectivity index (χ4v) is 3.36. The first-order valence-electron chi connectivity index (χ1n) is 8.69. The van der Waals surface area contributed by atoms with Crippen molar-refractivity contribution in [3.8, 4) is 0 Å². The van der Waals surface area contributed by atoms with Crippen molar-refractivity contribution in [1.82, 2.24) is 0 Å². The minimum Gasteiger partial charge on any atom is -0.258 e. The normalized spacial score (nSPS) is 11.9. The fourth-order valence-electron chi connectivity index (χ4n) is 2.81. The summed E-state index contributed by atoms with van der Waals surface area (Å²) in [5, 5.41) is 23.3. The standard InChI is InChI=1S/C22H14Cl2N2O4/c23-19(11-15-7-3-1-4-8-15)17-13-18(20(24)12-16-9-5-2-6-10-16)22(26(29)30)14-21(17)25(27)28/h1-14H/b19-11+,20-12?. The number of nitro groups is 2. The van der Waals surface area contributed by atoms with Gasteiger partial charge in [0.1, 0.15) is 0 Å². The third kappa shape index (κ3) is 4.92. The minimum absolute atomic E-state index is 0.0331. The molecular weight excluding hydrogens is 427 g/mol. The average molecular weight is 441 g/mol. The number of nitrogens with zero attached hydrogens (tertiary/aromatic N) is 2. The van der Waals surface area contributed by atoms with Crippen LogP contribution in [0.4, 0.5) is 11.4 Å². The van der Waals surface area contributed by atoms with E-state index in [1.54, 1.807) is 60.7 Å². The summed E-state index contributed by atoms with van der Waals surface area (Å²) < 4.78 is 0. The SMILES string of the molecule is O=[N+]([O-])c1cc([N+](=O)[O-])c(/C(Cl)=C\c2ccccc2)cc1C(Cl)=Cc1ccccc1. The molecule has 0 unspecified atom stereocenters. The van der Waals surface area contributed by atoms with Crippen molar-refractivity contribution in [2.45, 2.75) is 0 Å². The van der Waals surface area contributed by atoms with Gasteiger partial charge in [-0.3, -0.25) is 20.2 Å². The van der Waals surface area contributed by atoms with E-state index >= 15 is 0 Å². The molecule has 0 atom stereocenters. The van der Waals surface area contributed by atoms with Crippen molar-refractivity contribution in [3.05, 3.63) is 115 Å². The van der Waals surface area contributed by atoms with Gasteiger partial charge in [0.05, 0.1) is 37.1 Å². The van der Waals surface area contributed by atoms with Crippen LogP contribution in [0.1, 0.15) is 22.3 Å². The van der Waals surface area contributed by atoms with Gasteiger partial charge in [-0.25, -0.2) is 0 Å². The van der Waals surface area contributed by atoms with Crippen LogP contribution in [0.15, 0.2) is 72.8 Å². The Bertz CT molecular complexity index is 1070. The monoisotopic (exact) mass is 440 g/mol. The Morgan fingerprint density at radius 2 is 1.03 bits per heavy atom. The summed E-state index contributed by atoms with van der Waals surface area (Å²) in [6, 6.07) is 20.1. The van der Waals surface area contributed by atoms with Crippen LogP contribution in [-0.2, 0) is 0 Å². The first kappa shape index (κ1) is 21.2. The van der Waals surface area contributed by atoms with Crippen molar-refractivity contribution in [3.63, 3.8) is 0 Å². The highest BCUT2D eigenvalue weighted by Crippen LogP contribution is 2.39. The highest BCUT2D eigenvalue weighted by molar-refractivity contribution is 6.53. The highest BCUT2D eigenvalue weighted by Gasteiger charge is 2.27. The predicted molar refractivity (Wildman–Crippen MR) is 120 cm³/mol. The largest absolute Gasteiger partial charge is 0.285 e. The Morgan fingerprint density at radius 3 is 1.37 bits per heavy atom. The maximum Gasteiger partial charge on any atom is 0.285 e. The molecule has 0 spiro atoms. The van der Waals surface area contributed by atoms with Crippen molar-refractivity contribution in [2.24, 2.45) is 0 Å². The summed E-state index contributed by atoms with van der Waals surface area (Å²) in [5.41, 5.74) is 0.556. The Hall–Kier alpha value is -3.48. The van der Waals surface area contributed by atoms with Crippen LogP contribution in [0.3, 0.4) is 0 Å². The molecule has 0 aromatic heterocycles. The molecule has 0 amide bonds. The summed E-state index contributed by atoms with van der Waals surface area (Å²) in [6.07, 6.45) is 3.10. The van der Waals surface area contributed by atoms with E-state index in [-0.39, 0.29) is 21.2 Å². The molecule has 3 aromatic carbocycles. The number of halogens is 2. The van der Waals surface area contributed by atoms with E-state index < -0.39 is 21.2 Å². The zero-order valence-electron chi connectivity index (χ0n) is 15.4. The number of nitro benzene ring substituents is 2. The van der Waals surface area contributed by atoms with Crippen molar-refractivity contribution < 1.29 is 9.85 Å². The van der Waals surface area contributed by atoms with E-state index in [4.69, 9.17) is 23.2 Å². The Labute approximate surface area is 182 Å². The second-order valence-corrected chi connectivity index (χ2v) is 7.02. The average Bonchev–Trinajstić information content (AvgIpc) is 2.74. The quantitative estimate of drug-likeness (QED) is 0.235. The highest BCUT2D eigenvalue weighted by atomic mass is 35.5. The molecule has 0 fully saturated rings. The molecule has 3 rings (SSSR count). The lowest BCUT2D eigenvalue weighted by Gasteiger charge is -2.08. The zero-order valence-corrected chi connectivity index (χ0v) is 16.9. The van der Waals surface area contributed by atoms with E-state index in [1.165, 1.54) is 6.07 Å². The molecule has 0 radical (unpaired) electrons. The van der Waals surface area contributed by atoms with Crippen molar-refractivity contribution in [2.75, 3.05) is 0 Å². The van der Waals surface area contributed by atoms with Crippen molar-refractivity contribution >= 4 is 56.8 Å². The Morgan fingerprint density at radius 1 is 0.667 bits per heavy atom. The maximum atomic E-state index is 11.6. The lowest BCUT2D eigenvalue weighted by molar-refractivity contribution is -0.394. The van der Waals surface area contributed by atoms with Gasteiger partial charge >= 0.3 is 0 Å². The first-order valence-corrected chi connectivity index (χ1v) is 9.44. The summed E-state index contributed by atoms with van der Waals surface area (Å²) in [5.74, 6) is 0. The van der Waals surface area contributed by atoms with E-state index in [0.29, 0.717) is 0 Å². The smallest absolute Gasteiger partial charge is 0.258 e. The van der Waals surface area contributed by atoms with Gasteiger partial charge < -0.3 is 0 Å². The van der Waals surface area contributed by atoms with Gasteiger partial charge in [-0.1, -0.05) is 83.9 Å². The number of rotatable bonds is 6.